The fourth-order valence-electron chi connectivity index (χ4n) is 1.60. The number of carbonyl (C=O) groups excluding carboxylic acids is 1. The van der Waals surface area contributed by atoms with E-state index in [2.05, 4.69) is 5.32 Å². The molecule has 0 aliphatic heterocycles. The van der Waals surface area contributed by atoms with Crippen molar-refractivity contribution in [1.29, 1.82) is 0 Å². The molecule has 0 aromatic heterocycles. The van der Waals surface area contributed by atoms with Crippen LogP contribution in [0.2, 0.25) is 5.02 Å². The van der Waals surface area contributed by atoms with Gasteiger partial charge in [0.05, 0.1) is 18.0 Å². The number of hydrogen-bond acceptors (Lipinski definition) is 6. The van der Waals surface area contributed by atoms with Crippen LogP contribution in [0.5, 0.6) is 5.75 Å². The van der Waals surface area contributed by atoms with Gasteiger partial charge in [-0.2, -0.15) is 0 Å². The second-order valence-electron chi connectivity index (χ2n) is 4.74. The number of esters is 1. The standard InChI is InChI=1S/C14H20ClNO5S/c1-4-20-14(17)10(2)16-12-9-11(15)5-6-13(12)21-7-8-22(3,18)19/h5-6,9-10,16H,4,7-8H2,1-3H3. The third-order valence-corrected chi connectivity index (χ3v) is 3.81. The minimum atomic E-state index is -3.10. The Kier molecular flexibility index (Phi) is 6.96. The van der Waals surface area contributed by atoms with Gasteiger partial charge in [-0.25, -0.2) is 13.2 Å². The molecule has 0 fully saturated rings. The molecule has 1 aromatic rings. The van der Waals surface area contributed by atoms with Crippen molar-refractivity contribution < 1.29 is 22.7 Å². The van der Waals surface area contributed by atoms with E-state index in [-0.39, 0.29) is 19.0 Å². The van der Waals surface area contributed by atoms with Crippen LogP contribution in [0.3, 0.4) is 0 Å². The molecule has 8 heteroatoms. The first-order valence-corrected chi connectivity index (χ1v) is 9.20. The molecule has 1 unspecified atom stereocenters. The summed E-state index contributed by atoms with van der Waals surface area (Å²) in [4.78, 5) is 11.7. The minimum Gasteiger partial charge on any atom is -0.490 e. The van der Waals surface area contributed by atoms with E-state index in [4.69, 9.17) is 21.1 Å². The van der Waals surface area contributed by atoms with Crippen molar-refractivity contribution in [2.75, 3.05) is 30.5 Å². The zero-order valence-corrected chi connectivity index (χ0v) is 14.3. The van der Waals surface area contributed by atoms with Crippen molar-refractivity contribution in [2.45, 2.75) is 19.9 Å². The maximum absolute atomic E-state index is 11.7. The zero-order valence-electron chi connectivity index (χ0n) is 12.8. The highest BCUT2D eigenvalue weighted by Crippen LogP contribution is 2.28. The quantitative estimate of drug-likeness (QED) is 0.724. The maximum Gasteiger partial charge on any atom is 0.328 e. The molecule has 124 valence electrons. The number of rotatable bonds is 8. The minimum absolute atomic E-state index is 0.0168. The van der Waals surface area contributed by atoms with Gasteiger partial charge in [0, 0.05) is 11.3 Å². The molecule has 0 aliphatic carbocycles. The SMILES string of the molecule is CCOC(=O)C(C)Nc1cc(Cl)ccc1OCCS(C)(=O)=O. The Morgan fingerprint density at radius 2 is 2.09 bits per heavy atom. The van der Waals surface area contributed by atoms with E-state index in [1.54, 1.807) is 32.0 Å². The van der Waals surface area contributed by atoms with Crippen LogP contribution in [0.25, 0.3) is 0 Å². The van der Waals surface area contributed by atoms with E-state index in [9.17, 15) is 13.2 Å². The van der Waals surface area contributed by atoms with E-state index in [1.165, 1.54) is 0 Å². The fourth-order valence-corrected chi connectivity index (χ4v) is 2.16. The molecule has 0 spiro atoms. The van der Waals surface area contributed by atoms with Crippen molar-refractivity contribution in [3.8, 4) is 5.75 Å². The number of nitrogens with one attached hydrogen (secondary N) is 1. The number of ether oxygens (including phenoxy) is 2. The van der Waals surface area contributed by atoms with Gasteiger partial charge in [-0.1, -0.05) is 11.6 Å². The molecule has 22 heavy (non-hydrogen) atoms. The molecule has 0 bridgehead atoms. The van der Waals surface area contributed by atoms with Crippen molar-refractivity contribution in [1.82, 2.24) is 0 Å². The lowest BCUT2D eigenvalue weighted by molar-refractivity contribution is -0.143. The topological polar surface area (TPSA) is 81.7 Å². The molecular formula is C14H20ClNO5S. The van der Waals surface area contributed by atoms with Gasteiger partial charge in [-0.15, -0.1) is 0 Å². The summed E-state index contributed by atoms with van der Waals surface area (Å²) in [6, 6.07) is 4.26. The predicted octanol–water partition coefficient (Wildman–Crippen LogP) is 2.13. The monoisotopic (exact) mass is 349 g/mol. The Morgan fingerprint density at radius 3 is 2.68 bits per heavy atom. The lowest BCUT2D eigenvalue weighted by Crippen LogP contribution is -2.28. The molecule has 0 heterocycles. The van der Waals surface area contributed by atoms with Crippen LogP contribution in [0.15, 0.2) is 18.2 Å². The molecule has 1 N–H and O–H groups in total. The van der Waals surface area contributed by atoms with Gasteiger partial charge in [0.25, 0.3) is 0 Å². The first-order chi connectivity index (χ1) is 10.2. The number of benzene rings is 1. The summed E-state index contributed by atoms with van der Waals surface area (Å²) in [7, 11) is -3.10. The first-order valence-electron chi connectivity index (χ1n) is 6.76. The molecule has 0 saturated heterocycles. The lowest BCUT2D eigenvalue weighted by atomic mass is 10.2. The van der Waals surface area contributed by atoms with Crippen molar-refractivity contribution in [2.24, 2.45) is 0 Å². The van der Waals surface area contributed by atoms with E-state index >= 15 is 0 Å². The summed E-state index contributed by atoms with van der Waals surface area (Å²) in [5.74, 6) is -0.0727. The number of anilines is 1. The van der Waals surface area contributed by atoms with Gasteiger partial charge in [0.1, 0.15) is 18.4 Å². The molecule has 0 saturated carbocycles. The predicted molar refractivity (Wildman–Crippen MR) is 86.4 cm³/mol. The van der Waals surface area contributed by atoms with Gasteiger partial charge in [-0.05, 0) is 32.0 Å². The number of hydrogen-bond donors (Lipinski definition) is 1. The fraction of sp³-hybridized carbons (Fsp3) is 0.500. The van der Waals surface area contributed by atoms with Gasteiger partial charge in [0.15, 0.2) is 9.84 Å². The molecule has 0 aliphatic rings. The second-order valence-corrected chi connectivity index (χ2v) is 7.43. The van der Waals surface area contributed by atoms with Crippen LogP contribution in [0.4, 0.5) is 5.69 Å². The summed E-state index contributed by atoms with van der Waals surface area (Å²) >= 11 is 5.94. The highest BCUT2D eigenvalue weighted by molar-refractivity contribution is 7.90. The first kappa shape index (κ1) is 18.6. The highest BCUT2D eigenvalue weighted by Gasteiger charge is 2.16. The van der Waals surface area contributed by atoms with Crippen molar-refractivity contribution in [3.63, 3.8) is 0 Å². The maximum atomic E-state index is 11.7. The average molecular weight is 350 g/mol. The molecule has 0 amide bonds. The van der Waals surface area contributed by atoms with Crippen molar-refractivity contribution in [3.05, 3.63) is 23.2 Å². The third-order valence-electron chi connectivity index (χ3n) is 2.67. The van der Waals surface area contributed by atoms with Gasteiger partial charge in [-0.3, -0.25) is 0 Å². The van der Waals surface area contributed by atoms with E-state index in [1.807, 2.05) is 0 Å². The summed E-state index contributed by atoms with van der Waals surface area (Å²) in [6.07, 6.45) is 1.14. The average Bonchev–Trinajstić information content (AvgIpc) is 2.40. The molecular weight excluding hydrogens is 330 g/mol. The summed E-state index contributed by atoms with van der Waals surface area (Å²) in [5.41, 5.74) is 0.501. The van der Waals surface area contributed by atoms with Crippen molar-refractivity contribution >= 4 is 33.1 Å². The van der Waals surface area contributed by atoms with E-state index < -0.39 is 21.8 Å². The normalized spacial score (nSPS) is 12.5. The lowest BCUT2D eigenvalue weighted by Gasteiger charge is -2.17. The van der Waals surface area contributed by atoms with E-state index in [0.29, 0.717) is 16.5 Å². The summed E-state index contributed by atoms with van der Waals surface area (Å²) < 4.78 is 32.6. The molecule has 1 aromatic carbocycles. The van der Waals surface area contributed by atoms with Crippen LogP contribution in [-0.2, 0) is 19.4 Å². The summed E-state index contributed by atoms with van der Waals surface area (Å²) in [5, 5.41) is 3.42. The Labute approximate surface area is 135 Å². The second kappa shape index (κ2) is 8.24. The molecule has 6 nitrogen and oxygen atoms in total. The molecule has 1 atom stereocenters. The van der Waals surface area contributed by atoms with Crippen LogP contribution in [0, 0.1) is 0 Å². The van der Waals surface area contributed by atoms with Gasteiger partial charge >= 0.3 is 5.97 Å². The summed E-state index contributed by atoms with van der Waals surface area (Å²) in [6.45, 7) is 3.68. The number of carbonyl (C=O) groups is 1. The van der Waals surface area contributed by atoms with E-state index in [0.717, 1.165) is 6.26 Å². The van der Waals surface area contributed by atoms with Crippen LogP contribution < -0.4 is 10.1 Å². The zero-order chi connectivity index (χ0) is 16.8. The molecule has 1 rings (SSSR count). The Hall–Kier alpha value is -1.47. The Morgan fingerprint density at radius 1 is 1.41 bits per heavy atom. The van der Waals surface area contributed by atoms with Crippen LogP contribution in [0.1, 0.15) is 13.8 Å². The smallest absolute Gasteiger partial charge is 0.328 e. The van der Waals surface area contributed by atoms with Gasteiger partial charge < -0.3 is 14.8 Å². The van der Waals surface area contributed by atoms with Gasteiger partial charge in [0.2, 0.25) is 0 Å². The third kappa shape index (κ3) is 6.53. The Balaban J connectivity index is 2.80. The number of halogens is 1. The number of sulfone groups is 1. The van der Waals surface area contributed by atoms with Crippen LogP contribution in [-0.4, -0.2) is 45.7 Å². The Bertz CT molecular complexity index is 618. The van der Waals surface area contributed by atoms with Crippen LogP contribution >= 0.6 is 11.6 Å². The molecule has 0 radical (unpaired) electrons. The highest BCUT2D eigenvalue weighted by atomic mass is 35.5. The largest absolute Gasteiger partial charge is 0.490 e.